The molecule has 1 atom stereocenters. The van der Waals surface area contributed by atoms with E-state index in [2.05, 4.69) is 25.5 Å². The Morgan fingerprint density at radius 2 is 2.10 bits per heavy atom. The number of alkyl halides is 2. The quantitative estimate of drug-likeness (QED) is 0.555. The molecule has 3 N–H and O–H groups in total. The topological polar surface area (TPSA) is 110 Å². The van der Waals surface area contributed by atoms with Crippen molar-refractivity contribution in [2.75, 3.05) is 19.0 Å². The third-order valence-corrected chi connectivity index (χ3v) is 3.92. The maximum atomic E-state index is 12.6. The van der Waals surface area contributed by atoms with Gasteiger partial charge in [-0.3, -0.25) is 5.32 Å². The van der Waals surface area contributed by atoms with Crippen LogP contribution in [0, 0.1) is 0 Å². The molecule has 2 amide bonds. The van der Waals surface area contributed by atoms with Gasteiger partial charge in [0, 0.05) is 24.0 Å². The van der Waals surface area contributed by atoms with Crippen LogP contribution in [-0.2, 0) is 0 Å². The number of halogens is 2. The van der Waals surface area contributed by atoms with Crippen molar-refractivity contribution in [3.8, 4) is 22.8 Å². The molecule has 29 heavy (non-hydrogen) atoms. The number of hydrogen-bond donors (Lipinski definition) is 3. The Morgan fingerprint density at radius 1 is 1.31 bits per heavy atom. The lowest BCUT2D eigenvalue weighted by molar-refractivity contribution is -0.0515. The van der Waals surface area contributed by atoms with Crippen LogP contribution in [0.2, 0.25) is 0 Å². The lowest BCUT2D eigenvalue weighted by Crippen LogP contribution is -2.38. The highest BCUT2D eigenvalue weighted by molar-refractivity contribution is 5.89. The number of pyridine rings is 2. The number of rotatable bonds is 7. The van der Waals surface area contributed by atoms with Gasteiger partial charge in [-0.25, -0.2) is 14.3 Å². The molecule has 3 aromatic rings. The van der Waals surface area contributed by atoms with Crippen molar-refractivity contribution >= 4 is 17.4 Å². The van der Waals surface area contributed by atoms with E-state index in [0.717, 1.165) is 0 Å². The molecule has 0 fully saturated rings. The second kappa shape index (κ2) is 8.69. The third kappa shape index (κ3) is 4.88. The molecule has 0 unspecified atom stereocenters. The number of amides is 2. The number of carbonyl (C=O) groups is 1. The van der Waals surface area contributed by atoms with Crippen LogP contribution in [-0.4, -0.2) is 52.1 Å². The number of nitrogens with zero attached hydrogens (tertiary/aromatic N) is 3. The number of anilines is 1. The molecule has 154 valence electrons. The van der Waals surface area contributed by atoms with Gasteiger partial charge in [0.2, 0.25) is 0 Å². The summed E-state index contributed by atoms with van der Waals surface area (Å²) in [5.74, 6) is 0.0823. The Bertz CT molecular complexity index is 1010. The summed E-state index contributed by atoms with van der Waals surface area (Å²) >= 11 is 0. The highest BCUT2D eigenvalue weighted by Crippen LogP contribution is 2.31. The van der Waals surface area contributed by atoms with Crippen LogP contribution in [0.25, 0.3) is 16.6 Å². The Balaban J connectivity index is 1.85. The number of fused-ring (bicyclic) bond motifs is 1. The molecule has 3 rings (SSSR count). The first-order valence-electron chi connectivity index (χ1n) is 8.56. The van der Waals surface area contributed by atoms with E-state index in [9.17, 15) is 13.6 Å². The number of urea groups is 1. The fourth-order valence-electron chi connectivity index (χ4n) is 2.58. The van der Waals surface area contributed by atoms with Crippen molar-refractivity contribution < 1.29 is 28.2 Å². The van der Waals surface area contributed by atoms with Crippen molar-refractivity contribution in [2.45, 2.75) is 19.6 Å². The number of ether oxygens (including phenoxy) is 2. The van der Waals surface area contributed by atoms with Crippen molar-refractivity contribution in [1.29, 1.82) is 0 Å². The normalized spacial score (nSPS) is 12.1. The minimum absolute atomic E-state index is 0.0471. The standard InChI is InChI=1S/C18H19F2N5O4/c1-10(9-26)22-18(27)23-15-7-13-5-11(3-4-25(13)24-15)12-6-14(29-17(19)20)16(28-2)21-8-12/h3-8,10,17,26H,9H2,1-2H3,(H2,22,23,24,27)/t10-/m1/s1. The number of aliphatic hydroxyl groups excluding tert-OH is 1. The highest BCUT2D eigenvalue weighted by atomic mass is 19.3. The van der Waals surface area contributed by atoms with Crippen molar-refractivity contribution in [2.24, 2.45) is 0 Å². The Morgan fingerprint density at radius 3 is 2.79 bits per heavy atom. The van der Waals surface area contributed by atoms with Crippen LogP contribution in [0.15, 0.2) is 36.7 Å². The van der Waals surface area contributed by atoms with Crippen molar-refractivity contribution in [1.82, 2.24) is 19.9 Å². The summed E-state index contributed by atoms with van der Waals surface area (Å²) in [4.78, 5) is 15.9. The largest absolute Gasteiger partial charge is 0.478 e. The molecule has 9 nitrogen and oxygen atoms in total. The van der Waals surface area contributed by atoms with E-state index >= 15 is 0 Å². The van der Waals surface area contributed by atoms with E-state index in [4.69, 9.17) is 9.84 Å². The van der Waals surface area contributed by atoms with E-state index in [1.807, 2.05) is 0 Å². The average Bonchev–Trinajstić information content (AvgIpc) is 3.08. The maximum absolute atomic E-state index is 12.6. The molecule has 0 bridgehead atoms. The lowest BCUT2D eigenvalue weighted by atomic mass is 10.1. The maximum Gasteiger partial charge on any atom is 0.387 e. The van der Waals surface area contributed by atoms with Crippen LogP contribution in [0.4, 0.5) is 19.4 Å². The van der Waals surface area contributed by atoms with Crippen LogP contribution >= 0.6 is 0 Å². The monoisotopic (exact) mass is 407 g/mol. The first kappa shape index (κ1) is 20.3. The molecule has 0 saturated heterocycles. The zero-order valence-electron chi connectivity index (χ0n) is 15.6. The van der Waals surface area contributed by atoms with Crippen LogP contribution in [0.5, 0.6) is 11.6 Å². The predicted octanol–water partition coefficient (Wildman–Crippen LogP) is 2.51. The molecule has 0 spiro atoms. The summed E-state index contributed by atoms with van der Waals surface area (Å²) < 4.78 is 36.2. The SMILES string of the molecule is COc1ncc(-c2ccn3nc(NC(=O)N[C@H](C)CO)cc3c2)cc1OC(F)F. The average molecular weight is 407 g/mol. The zero-order valence-corrected chi connectivity index (χ0v) is 15.6. The van der Waals surface area contributed by atoms with Gasteiger partial charge in [0.15, 0.2) is 11.6 Å². The first-order chi connectivity index (χ1) is 13.9. The van der Waals surface area contributed by atoms with Gasteiger partial charge in [-0.1, -0.05) is 0 Å². The van der Waals surface area contributed by atoms with Crippen LogP contribution in [0.1, 0.15) is 6.92 Å². The Hall–Kier alpha value is -3.47. The van der Waals surface area contributed by atoms with E-state index in [0.29, 0.717) is 22.5 Å². The number of nitrogens with one attached hydrogen (secondary N) is 2. The van der Waals surface area contributed by atoms with Crippen molar-refractivity contribution in [3.05, 3.63) is 36.7 Å². The Kier molecular flexibility index (Phi) is 6.07. The number of hydrogen-bond acceptors (Lipinski definition) is 6. The summed E-state index contributed by atoms with van der Waals surface area (Å²) in [7, 11) is 1.31. The summed E-state index contributed by atoms with van der Waals surface area (Å²) in [6, 6.07) is 5.62. The van der Waals surface area contributed by atoms with Gasteiger partial charge in [-0.05, 0) is 30.7 Å². The molecule has 0 aliphatic carbocycles. The minimum Gasteiger partial charge on any atom is -0.478 e. The lowest BCUT2D eigenvalue weighted by Gasteiger charge is -2.10. The smallest absolute Gasteiger partial charge is 0.387 e. The zero-order chi connectivity index (χ0) is 21.0. The number of aliphatic hydroxyl groups is 1. The fraction of sp³-hybridized carbons (Fsp3) is 0.278. The van der Waals surface area contributed by atoms with Gasteiger partial charge in [0.1, 0.15) is 0 Å². The van der Waals surface area contributed by atoms with Gasteiger partial charge < -0.3 is 19.9 Å². The fourth-order valence-corrected chi connectivity index (χ4v) is 2.58. The molecule has 0 saturated carbocycles. The van der Waals surface area contributed by atoms with E-state index in [1.54, 1.807) is 35.8 Å². The van der Waals surface area contributed by atoms with E-state index < -0.39 is 18.7 Å². The van der Waals surface area contributed by atoms with Gasteiger partial charge in [0.05, 0.1) is 25.3 Å². The van der Waals surface area contributed by atoms with Gasteiger partial charge >= 0.3 is 12.6 Å². The number of carbonyl (C=O) groups excluding carboxylic acids is 1. The van der Waals surface area contributed by atoms with E-state index in [1.165, 1.54) is 19.4 Å². The van der Waals surface area contributed by atoms with Gasteiger partial charge in [-0.2, -0.15) is 8.78 Å². The molecule has 0 radical (unpaired) electrons. The molecule has 3 aromatic heterocycles. The Labute approximate surface area is 164 Å². The summed E-state index contributed by atoms with van der Waals surface area (Å²) in [5.41, 5.74) is 1.87. The second-order valence-electron chi connectivity index (χ2n) is 6.11. The van der Waals surface area contributed by atoms with Crippen LogP contribution < -0.4 is 20.1 Å². The number of aromatic nitrogens is 3. The first-order valence-corrected chi connectivity index (χ1v) is 8.56. The van der Waals surface area contributed by atoms with Gasteiger partial charge in [-0.15, -0.1) is 5.10 Å². The van der Waals surface area contributed by atoms with Crippen molar-refractivity contribution in [3.63, 3.8) is 0 Å². The highest BCUT2D eigenvalue weighted by Gasteiger charge is 2.14. The summed E-state index contributed by atoms with van der Waals surface area (Å²) in [6.45, 7) is -1.54. The van der Waals surface area contributed by atoms with Gasteiger partial charge in [0.25, 0.3) is 5.88 Å². The van der Waals surface area contributed by atoms with E-state index in [-0.39, 0.29) is 18.2 Å². The molecule has 3 heterocycles. The molecular weight excluding hydrogens is 388 g/mol. The molecular formula is C18H19F2N5O4. The predicted molar refractivity (Wildman–Crippen MR) is 100 cm³/mol. The van der Waals surface area contributed by atoms with Crippen LogP contribution in [0.3, 0.4) is 0 Å². The molecule has 11 heteroatoms. The third-order valence-electron chi connectivity index (χ3n) is 3.92. The minimum atomic E-state index is -3.01. The molecule has 0 aromatic carbocycles. The summed E-state index contributed by atoms with van der Waals surface area (Å²) in [5, 5.41) is 18.3. The number of methoxy groups -OCH3 is 1. The molecule has 0 aliphatic heterocycles. The molecule has 0 aliphatic rings. The summed E-state index contributed by atoms with van der Waals surface area (Å²) in [6.07, 6.45) is 3.13. The second-order valence-corrected chi connectivity index (χ2v) is 6.11.